The van der Waals surface area contributed by atoms with Gasteiger partial charge in [0, 0.05) is 12.7 Å². The number of carbonyl (C=O) groups is 3. The molecule has 1 saturated heterocycles. The van der Waals surface area contributed by atoms with Gasteiger partial charge in [0.1, 0.15) is 0 Å². The monoisotopic (exact) mass is 202 g/mol. The van der Waals surface area contributed by atoms with Crippen molar-refractivity contribution in [3.05, 3.63) is 0 Å². The quantitative estimate of drug-likeness (QED) is 0.499. The van der Waals surface area contributed by atoms with E-state index in [4.69, 9.17) is 0 Å². The molecule has 1 aliphatic rings. The van der Waals surface area contributed by atoms with Crippen molar-refractivity contribution < 1.29 is 19.1 Å². The molecule has 0 radical (unpaired) electrons. The Hall–Kier alpha value is -0.840. The summed E-state index contributed by atoms with van der Waals surface area (Å²) in [5.41, 5.74) is 0. The zero-order chi connectivity index (χ0) is 9.84. The summed E-state index contributed by atoms with van der Waals surface area (Å²) in [6.45, 7) is 1.47. The molecule has 0 aromatic rings. The lowest BCUT2D eigenvalue weighted by molar-refractivity contribution is -0.153. The van der Waals surface area contributed by atoms with Crippen LogP contribution in [0.15, 0.2) is 0 Å². The van der Waals surface area contributed by atoms with Gasteiger partial charge < -0.3 is 4.74 Å². The fourth-order valence-corrected chi connectivity index (χ4v) is 1.78. The number of cyclic esters (lactones) is 2. The summed E-state index contributed by atoms with van der Waals surface area (Å²) in [6.07, 6.45) is 0.701. The standard InChI is InChI=1S/C8H10O4S/c1-5(9)13-3-2-6-4-7(10)12-8(6)11/h6H,2-4H2,1H3. The molecule has 1 rings (SSSR count). The van der Waals surface area contributed by atoms with Crippen LogP contribution in [0.2, 0.25) is 0 Å². The Labute approximate surface area is 80.0 Å². The van der Waals surface area contributed by atoms with Gasteiger partial charge in [-0.15, -0.1) is 0 Å². The molecule has 1 aliphatic heterocycles. The van der Waals surface area contributed by atoms with Crippen LogP contribution in [-0.2, 0) is 19.1 Å². The molecule has 4 nitrogen and oxygen atoms in total. The summed E-state index contributed by atoms with van der Waals surface area (Å²) in [5, 5.41) is 0.0256. The molecule has 13 heavy (non-hydrogen) atoms. The molecule has 0 amide bonds. The van der Waals surface area contributed by atoms with Crippen molar-refractivity contribution in [3.8, 4) is 0 Å². The van der Waals surface area contributed by atoms with Crippen LogP contribution >= 0.6 is 11.8 Å². The Kier molecular flexibility index (Phi) is 3.48. The van der Waals surface area contributed by atoms with Crippen LogP contribution < -0.4 is 0 Å². The lowest BCUT2D eigenvalue weighted by Crippen LogP contribution is -2.08. The highest BCUT2D eigenvalue weighted by Gasteiger charge is 2.32. The fourth-order valence-electron chi connectivity index (χ4n) is 1.09. The van der Waals surface area contributed by atoms with E-state index in [2.05, 4.69) is 4.74 Å². The van der Waals surface area contributed by atoms with Crippen LogP contribution in [0.1, 0.15) is 19.8 Å². The van der Waals surface area contributed by atoms with Crippen molar-refractivity contribution in [2.45, 2.75) is 19.8 Å². The summed E-state index contributed by atoms with van der Waals surface area (Å²) in [5.74, 6) is -0.668. The highest BCUT2D eigenvalue weighted by molar-refractivity contribution is 8.13. The maximum Gasteiger partial charge on any atom is 0.317 e. The first kappa shape index (κ1) is 10.2. The highest BCUT2D eigenvalue weighted by atomic mass is 32.2. The second kappa shape index (κ2) is 4.41. The van der Waals surface area contributed by atoms with Crippen LogP contribution in [0, 0.1) is 5.92 Å². The Morgan fingerprint density at radius 1 is 1.62 bits per heavy atom. The van der Waals surface area contributed by atoms with Crippen molar-refractivity contribution in [1.29, 1.82) is 0 Å². The molecule has 0 aromatic carbocycles. The van der Waals surface area contributed by atoms with Gasteiger partial charge in [-0.3, -0.25) is 14.4 Å². The normalized spacial score (nSPS) is 21.8. The summed E-state index contributed by atoms with van der Waals surface area (Å²) in [7, 11) is 0. The van der Waals surface area contributed by atoms with Gasteiger partial charge >= 0.3 is 11.9 Å². The van der Waals surface area contributed by atoms with Crippen LogP contribution in [-0.4, -0.2) is 22.8 Å². The lowest BCUT2D eigenvalue weighted by atomic mass is 10.1. The number of hydrogen-bond donors (Lipinski definition) is 0. The van der Waals surface area contributed by atoms with Gasteiger partial charge in [0.2, 0.25) is 0 Å². The minimum atomic E-state index is -0.456. The summed E-state index contributed by atoms with van der Waals surface area (Å²) < 4.78 is 4.36. The molecule has 0 aromatic heterocycles. The molecule has 0 spiro atoms. The maximum absolute atomic E-state index is 10.9. The van der Waals surface area contributed by atoms with Crippen LogP contribution in [0.3, 0.4) is 0 Å². The molecule has 1 fully saturated rings. The van der Waals surface area contributed by atoms with Gasteiger partial charge in [0.05, 0.1) is 12.3 Å². The topological polar surface area (TPSA) is 60.4 Å². The van der Waals surface area contributed by atoms with Gasteiger partial charge in [-0.25, -0.2) is 0 Å². The molecule has 0 bridgehead atoms. The number of thioether (sulfide) groups is 1. The van der Waals surface area contributed by atoms with Crippen molar-refractivity contribution in [3.63, 3.8) is 0 Å². The van der Waals surface area contributed by atoms with Crippen LogP contribution in [0.4, 0.5) is 0 Å². The summed E-state index contributed by atoms with van der Waals surface area (Å²) in [6, 6.07) is 0. The Morgan fingerprint density at radius 3 is 2.77 bits per heavy atom. The molecule has 0 saturated carbocycles. The van der Waals surface area contributed by atoms with E-state index in [9.17, 15) is 14.4 Å². The maximum atomic E-state index is 10.9. The van der Waals surface area contributed by atoms with E-state index in [0.29, 0.717) is 12.2 Å². The minimum absolute atomic E-state index is 0.0256. The van der Waals surface area contributed by atoms with Gasteiger partial charge in [0.15, 0.2) is 5.12 Å². The number of rotatable bonds is 3. The van der Waals surface area contributed by atoms with Gasteiger partial charge in [0.25, 0.3) is 0 Å². The van der Waals surface area contributed by atoms with E-state index in [1.165, 1.54) is 6.92 Å². The van der Waals surface area contributed by atoms with E-state index in [1.54, 1.807) is 0 Å². The molecule has 0 N–H and O–H groups in total. The molecule has 1 heterocycles. The first-order valence-electron chi connectivity index (χ1n) is 3.97. The zero-order valence-corrected chi connectivity index (χ0v) is 8.06. The number of carbonyl (C=O) groups excluding carboxylic acids is 3. The Balaban J connectivity index is 2.26. The first-order chi connectivity index (χ1) is 6.09. The predicted octanol–water partition coefficient (Wildman–Crippen LogP) is 0.746. The van der Waals surface area contributed by atoms with Gasteiger partial charge in [-0.1, -0.05) is 11.8 Å². The lowest BCUT2D eigenvalue weighted by Gasteiger charge is -2.01. The molecule has 72 valence electrons. The zero-order valence-electron chi connectivity index (χ0n) is 7.24. The van der Waals surface area contributed by atoms with Crippen molar-refractivity contribution in [1.82, 2.24) is 0 Å². The minimum Gasteiger partial charge on any atom is -0.393 e. The molecule has 1 unspecified atom stereocenters. The summed E-state index contributed by atoms with van der Waals surface area (Å²) in [4.78, 5) is 32.1. The molecular weight excluding hydrogens is 192 g/mol. The SMILES string of the molecule is CC(=O)SCCC1CC(=O)OC1=O. The van der Waals surface area contributed by atoms with E-state index >= 15 is 0 Å². The average molecular weight is 202 g/mol. The summed E-state index contributed by atoms with van der Waals surface area (Å²) >= 11 is 1.16. The number of hydrogen-bond acceptors (Lipinski definition) is 5. The van der Waals surface area contributed by atoms with Gasteiger partial charge in [-0.05, 0) is 6.42 Å². The third-order valence-electron chi connectivity index (χ3n) is 1.73. The molecular formula is C8H10O4S. The number of esters is 2. The van der Waals surface area contributed by atoms with E-state index < -0.39 is 11.9 Å². The number of ether oxygens (including phenoxy) is 1. The molecule has 0 aliphatic carbocycles. The van der Waals surface area contributed by atoms with Crippen molar-refractivity contribution >= 4 is 28.8 Å². The average Bonchev–Trinajstić information content (AvgIpc) is 2.29. The first-order valence-corrected chi connectivity index (χ1v) is 4.96. The Bertz CT molecular complexity index is 249. The van der Waals surface area contributed by atoms with Crippen LogP contribution in [0.25, 0.3) is 0 Å². The highest BCUT2D eigenvalue weighted by Crippen LogP contribution is 2.21. The molecule has 5 heteroatoms. The van der Waals surface area contributed by atoms with E-state index in [1.807, 2.05) is 0 Å². The third-order valence-corrected chi connectivity index (χ3v) is 2.58. The molecule has 1 atom stereocenters. The predicted molar refractivity (Wildman–Crippen MR) is 47.0 cm³/mol. The van der Waals surface area contributed by atoms with E-state index in [-0.39, 0.29) is 17.5 Å². The Morgan fingerprint density at radius 2 is 2.31 bits per heavy atom. The van der Waals surface area contributed by atoms with Gasteiger partial charge in [-0.2, -0.15) is 0 Å². The van der Waals surface area contributed by atoms with Crippen molar-refractivity contribution in [2.24, 2.45) is 5.92 Å². The fraction of sp³-hybridized carbons (Fsp3) is 0.625. The van der Waals surface area contributed by atoms with Crippen molar-refractivity contribution in [2.75, 3.05) is 5.75 Å². The van der Waals surface area contributed by atoms with Crippen LogP contribution in [0.5, 0.6) is 0 Å². The van der Waals surface area contributed by atoms with E-state index in [0.717, 1.165) is 11.8 Å². The smallest absolute Gasteiger partial charge is 0.317 e. The second-order valence-corrected chi connectivity index (χ2v) is 4.09. The third kappa shape index (κ3) is 3.18. The largest absolute Gasteiger partial charge is 0.393 e. The second-order valence-electron chi connectivity index (χ2n) is 2.82.